The molecule has 1 atom stereocenters. The number of amides is 1. The fourth-order valence-corrected chi connectivity index (χ4v) is 5.16. The number of ketones is 1. The summed E-state index contributed by atoms with van der Waals surface area (Å²) in [6.45, 7) is 8.27. The number of rotatable bonds is 4. The summed E-state index contributed by atoms with van der Waals surface area (Å²) in [7, 11) is 1.58. The van der Waals surface area contributed by atoms with Crippen LogP contribution in [0.3, 0.4) is 0 Å². The van der Waals surface area contributed by atoms with Crippen molar-refractivity contribution in [1.82, 2.24) is 0 Å². The molecule has 38 heavy (non-hydrogen) atoms. The molecule has 1 heterocycles. The van der Waals surface area contributed by atoms with Gasteiger partial charge in [-0.1, -0.05) is 81.4 Å². The first-order valence-corrected chi connectivity index (χ1v) is 12.7. The van der Waals surface area contributed by atoms with Gasteiger partial charge in [0.2, 0.25) is 0 Å². The number of carbonyl (C=O) groups excluding carboxylic acids is 2. The molecule has 1 aliphatic rings. The topological polar surface area (TPSA) is 66.8 Å². The number of aliphatic hydroxyl groups excluding tert-OH is 1. The SMILES string of the molecule is COc1ccc(/C(O)=C2\C(=O)C(=O)N(c3cccc4ccccc34)C2c2ccc(C(C)(C)C)cc2)cc1C. The van der Waals surface area contributed by atoms with Crippen LogP contribution >= 0.6 is 0 Å². The molecule has 5 nitrogen and oxygen atoms in total. The first-order chi connectivity index (χ1) is 18.1. The Balaban J connectivity index is 1.75. The normalized spacial score (nSPS) is 17.3. The number of aliphatic hydroxyl groups is 1. The lowest BCUT2D eigenvalue weighted by Crippen LogP contribution is -2.29. The van der Waals surface area contributed by atoms with Gasteiger partial charge in [0.05, 0.1) is 24.4 Å². The highest BCUT2D eigenvalue weighted by Gasteiger charge is 2.47. The number of carbonyl (C=O) groups is 2. The molecular weight excluding hydrogens is 474 g/mol. The predicted octanol–water partition coefficient (Wildman–Crippen LogP) is 7.08. The Bertz CT molecular complexity index is 1590. The minimum Gasteiger partial charge on any atom is -0.507 e. The van der Waals surface area contributed by atoms with Gasteiger partial charge in [-0.3, -0.25) is 14.5 Å². The number of Topliss-reactive ketones (excluding diaryl/α,β-unsaturated/α-hetero) is 1. The number of hydrogen-bond acceptors (Lipinski definition) is 4. The number of nitrogens with zero attached hydrogens (tertiary/aromatic N) is 1. The van der Waals surface area contributed by atoms with Crippen LogP contribution in [-0.4, -0.2) is 23.9 Å². The van der Waals surface area contributed by atoms with Crippen LogP contribution in [0.5, 0.6) is 5.75 Å². The molecule has 0 spiro atoms. The third kappa shape index (κ3) is 4.24. The lowest BCUT2D eigenvalue weighted by Gasteiger charge is -2.27. The summed E-state index contributed by atoms with van der Waals surface area (Å²) in [5.74, 6) is -0.916. The van der Waals surface area contributed by atoms with Gasteiger partial charge < -0.3 is 9.84 Å². The van der Waals surface area contributed by atoms with Crippen LogP contribution in [0.1, 0.15) is 49.1 Å². The van der Waals surface area contributed by atoms with E-state index in [4.69, 9.17) is 4.74 Å². The summed E-state index contributed by atoms with van der Waals surface area (Å²) in [4.78, 5) is 28.8. The zero-order chi connectivity index (χ0) is 27.2. The van der Waals surface area contributed by atoms with E-state index in [0.717, 1.165) is 27.5 Å². The van der Waals surface area contributed by atoms with Gasteiger partial charge in [-0.2, -0.15) is 0 Å². The van der Waals surface area contributed by atoms with Gasteiger partial charge in [-0.25, -0.2) is 0 Å². The molecule has 1 saturated heterocycles. The molecule has 5 heteroatoms. The van der Waals surface area contributed by atoms with Gasteiger partial charge in [0.15, 0.2) is 0 Å². The van der Waals surface area contributed by atoms with E-state index in [9.17, 15) is 14.7 Å². The Morgan fingerprint density at radius 3 is 2.24 bits per heavy atom. The van der Waals surface area contributed by atoms with E-state index in [-0.39, 0.29) is 16.7 Å². The average molecular weight is 506 g/mol. The van der Waals surface area contributed by atoms with Crippen molar-refractivity contribution < 1.29 is 19.4 Å². The summed E-state index contributed by atoms with van der Waals surface area (Å²) in [6, 6.07) is 25.8. The fourth-order valence-electron chi connectivity index (χ4n) is 5.16. The first kappa shape index (κ1) is 25.3. The molecule has 1 N–H and O–H groups in total. The molecule has 4 aromatic rings. The molecule has 0 aliphatic carbocycles. The number of aryl methyl sites for hydroxylation is 1. The molecule has 1 amide bonds. The summed E-state index contributed by atoms with van der Waals surface area (Å²) in [5, 5.41) is 13.3. The van der Waals surface area contributed by atoms with Crippen molar-refractivity contribution >= 4 is 33.9 Å². The Hall–Kier alpha value is -4.38. The zero-order valence-corrected chi connectivity index (χ0v) is 22.3. The lowest BCUT2D eigenvalue weighted by atomic mass is 9.85. The molecule has 0 saturated carbocycles. The highest BCUT2D eigenvalue weighted by molar-refractivity contribution is 6.52. The van der Waals surface area contributed by atoms with Crippen LogP contribution < -0.4 is 9.64 Å². The van der Waals surface area contributed by atoms with E-state index in [0.29, 0.717) is 17.0 Å². The lowest BCUT2D eigenvalue weighted by molar-refractivity contribution is -0.132. The molecule has 5 rings (SSSR count). The molecule has 0 bridgehead atoms. The fraction of sp³-hybridized carbons (Fsp3) is 0.212. The summed E-state index contributed by atoms with van der Waals surface area (Å²) < 4.78 is 5.36. The maximum atomic E-state index is 13.7. The van der Waals surface area contributed by atoms with Gasteiger partial charge in [-0.05, 0) is 58.7 Å². The Morgan fingerprint density at radius 2 is 1.58 bits per heavy atom. The molecule has 1 aliphatic heterocycles. The highest BCUT2D eigenvalue weighted by atomic mass is 16.5. The van der Waals surface area contributed by atoms with Crippen LogP contribution in [0.15, 0.2) is 90.5 Å². The van der Waals surface area contributed by atoms with Gasteiger partial charge in [0.1, 0.15) is 11.5 Å². The number of benzene rings is 4. The largest absolute Gasteiger partial charge is 0.507 e. The van der Waals surface area contributed by atoms with Crippen molar-refractivity contribution in [2.45, 2.75) is 39.2 Å². The molecule has 1 fully saturated rings. The molecule has 1 unspecified atom stereocenters. The van der Waals surface area contributed by atoms with E-state index in [1.54, 1.807) is 25.3 Å². The van der Waals surface area contributed by atoms with E-state index in [2.05, 4.69) is 20.8 Å². The van der Waals surface area contributed by atoms with Crippen molar-refractivity contribution in [3.63, 3.8) is 0 Å². The molecule has 192 valence electrons. The van der Waals surface area contributed by atoms with E-state index in [1.165, 1.54) is 4.90 Å². The van der Waals surface area contributed by atoms with Gasteiger partial charge in [-0.15, -0.1) is 0 Å². The van der Waals surface area contributed by atoms with Crippen LogP contribution in [0.2, 0.25) is 0 Å². The van der Waals surface area contributed by atoms with Crippen LogP contribution in [0.4, 0.5) is 5.69 Å². The molecule has 4 aromatic carbocycles. The number of methoxy groups -OCH3 is 1. The minimum absolute atomic E-state index is 0.0589. The van der Waals surface area contributed by atoms with Gasteiger partial charge >= 0.3 is 0 Å². The summed E-state index contributed by atoms with van der Waals surface area (Å²) >= 11 is 0. The van der Waals surface area contributed by atoms with Crippen LogP contribution in [0.25, 0.3) is 16.5 Å². The number of anilines is 1. The summed E-state index contributed by atoms with van der Waals surface area (Å²) in [6.07, 6.45) is 0. The standard InChI is InChI=1S/C33H31NO4/c1-20-19-23(15-18-27(20)38-5)30(35)28-29(22-13-16-24(17-14-22)33(2,3)4)34(32(37)31(28)36)26-12-8-10-21-9-6-7-11-25(21)26/h6-19,29,35H,1-5H3/b30-28+. The number of hydrogen-bond donors (Lipinski definition) is 1. The van der Waals surface area contributed by atoms with Gasteiger partial charge in [0.25, 0.3) is 11.7 Å². The third-order valence-electron chi connectivity index (χ3n) is 7.23. The number of ether oxygens (including phenoxy) is 1. The second-order valence-electron chi connectivity index (χ2n) is 10.7. The Labute approximate surface area is 223 Å². The Morgan fingerprint density at radius 1 is 0.895 bits per heavy atom. The second kappa shape index (κ2) is 9.49. The maximum absolute atomic E-state index is 13.7. The van der Waals surface area contributed by atoms with Gasteiger partial charge in [0, 0.05) is 10.9 Å². The first-order valence-electron chi connectivity index (χ1n) is 12.7. The van der Waals surface area contributed by atoms with Crippen molar-refractivity contribution in [2.75, 3.05) is 12.0 Å². The maximum Gasteiger partial charge on any atom is 0.300 e. The molecular formula is C33H31NO4. The van der Waals surface area contributed by atoms with Crippen LogP contribution in [-0.2, 0) is 15.0 Å². The van der Waals surface area contributed by atoms with Crippen molar-refractivity contribution in [3.05, 3.63) is 113 Å². The Kier molecular flexibility index (Phi) is 6.31. The molecule has 0 radical (unpaired) electrons. The average Bonchev–Trinajstić information content (AvgIpc) is 3.17. The predicted molar refractivity (Wildman–Crippen MR) is 152 cm³/mol. The quantitative estimate of drug-likeness (QED) is 0.183. The molecule has 0 aromatic heterocycles. The monoisotopic (exact) mass is 505 g/mol. The van der Waals surface area contributed by atoms with Crippen molar-refractivity contribution in [3.8, 4) is 5.75 Å². The van der Waals surface area contributed by atoms with E-state index >= 15 is 0 Å². The third-order valence-corrected chi connectivity index (χ3v) is 7.23. The van der Waals surface area contributed by atoms with Crippen molar-refractivity contribution in [2.24, 2.45) is 0 Å². The smallest absolute Gasteiger partial charge is 0.300 e. The highest BCUT2D eigenvalue weighted by Crippen LogP contribution is 2.44. The number of fused-ring (bicyclic) bond motifs is 1. The van der Waals surface area contributed by atoms with Crippen molar-refractivity contribution in [1.29, 1.82) is 0 Å². The van der Waals surface area contributed by atoms with E-state index in [1.807, 2.05) is 73.7 Å². The van der Waals surface area contributed by atoms with E-state index < -0.39 is 17.7 Å². The second-order valence-corrected chi connectivity index (χ2v) is 10.7. The minimum atomic E-state index is -0.794. The summed E-state index contributed by atoms with van der Waals surface area (Å²) in [5.41, 5.74) is 3.78. The van der Waals surface area contributed by atoms with Crippen LogP contribution in [0, 0.1) is 6.92 Å². The zero-order valence-electron chi connectivity index (χ0n) is 22.3.